The lowest BCUT2D eigenvalue weighted by atomic mass is 9.92. The highest BCUT2D eigenvalue weighted by atomic mass is 16.5. The van der Waals surface area contributed by atoms with Gasteiger partial charge in [-0.25, -0.2) is 4.98 Å². The first kappa shape index (κ1) is 20.5. The van der Waals surface area contributed by atoms with Gasteiger partial charge in [0.15, 0.2) is 0 Å². The summed E-state index contributed by atoms with van der Waals surface area (Å²) in [5, 5.41) is 3.73. The SMILES string of the molecule is c1cc2c(c(NC3CCC(Oc4cc(N5CCOCC5)cc5nccnc45)CC3)c1)OCC2. The molecule has 0 atom stereocenters. The molecule has 0 radical (unpaired) electrons. The number of morpholine rings is 1. The van der Waals surface area contributed by atoms with Crippen LogP contribution in [0.25, 0.3) is 11.0 Å². The van der Waals surface area contributed by atoms with Crippen LogP contribution in [0, 0.1) is 0 Å². The minimum Gasteiger partial charge on any atom is -0.491 e. The summed E-state index contributed by atoms with van der Waals surface area (Å²) < 4.78 is 17.9. The van der Waals surface area contributed by atoms with E-state index in [9.17, 15) is 0 Å². The second-order valence-corrected chi connectivity index (χ2v) is 9.10. The number of rotatable bonds is 5. The fourth-order valence-corrected chi connectivity index (χ4v) is 5.18. The van der Waals surface area contributed by atoms with Gasteiger partial charge in [0.05, 0.1) is 37.1 Å². The Kier molecular flexibility index (Phi) is 5.64. The minimum absolute atomic E-state index is 0.186. The molecule has 6 rings (SSSR count). The number of hydrogen-bond acceptors (Lipinski definition) is 7. The van der Waals surface area contributed by atoms with Crippen molar-refractivity contribution in [3.05, 3.63) is 48.3 Å². The third kappa shape index (κ3) is 4.29. The van der Waals surface area contributed by atoms with Crippen LogP contribution in [-0.4, -0.2) is 55.0 Å². The van der Waals surface area contributed by atoms with Crippen LogP contribution < -0.4 is 19.7 Å². The van der Waals surface area contributed by atoms with Crippen LogP contribution in [0.2, 0.25) is 0 Å². The van der Waals surface area contributed by atoms with E-state index in [1.165, 1.54) is 5.56 Å². The van der Waals surface area contributed by atoms with E-state index >= 15 is 0 Å². The zero-order valence-electron chi connectivity index (χ0n) is 18.8. The Balaban J connectivity index is 1.15. The fraction of sp³-hybridized carbons (Fsp3) is 0.462. The second-order valence-electron chi connectivity index (χ2n) is 9.10. The van der Waals surface area contributed by atoms with E-state index in [1.807, 2.05) is 0 Å². The molecule has 1 saturated carbocycles. The van der Waals surface area contributed by atoms with Crippen LogP contribution >= 0.6 is 0 Å². The summed E-state index contributed by atoms with van der Waals surface area (Å²) >= 11 is 0. The molecular weight excluding hydrogens is 416 g/mol. The maximum Gasteiger partial charge on any atom is 0.149 e. The maximum atomic E-state index is 6.56. The van der Waals surface area contributed by atoms with E-state index in [4.69, 9.17) is 14.2 Å². The quantitative estimate of drug-likeness (QED) is 0.630. The number of nitrogens with zero attached hydrogens (tertiary/aromatic N) is 3. The highest BCUT2D eigenvalue weighted by Gasteiger charge is 2.26. The van der Waals surface area contributed by atoms with Crippen LogP contribution in [0.15, 0.2) is 42.7 Å². The lowest BCUT2D eigenvalue weighted by Gasteiger charge is -2.32. The van der Waals surface area contributed by atoms with Crippen molar-refractivity contribution in [3.8, 4) is 11.5 Å². The molecule has 7 nitrogen and oxygen atoms in total. The molecule has 1 saturated heterocycles. The Morgan fingerprint density at radius 3 is 2.70 bits per heavy atom. The number of benzene rings is 2. The second kappa shape index (κ2) is 9.06. The highest BCUT2D eigenvalue weighted by molar-refractivity contribution is 5.85. The first-order chi connectivity index (χ1) is 16.3. The molecule has 2 aliphatic heterocycles. The third-order valence-corrected chi connectivity index (χ3v) is 6.94. The zero-order chi connectivity index (χ0) is 22.0. The molecule has 1 aliphatic carbocycles. The van der Waals surface area contributed by atoms with Gasteiger partial charge in [-0.1, -0.05) is 12.1 Å². The molecule has 0 amide bonds. The van der Waals surface area contributed by atoms with Crippen LogP contribution in [0.4, 0.5) is 11.4 Å². The molecule has 3 heterocycles. The molecule has 3 aromatic rings. The molecule has 2 aromatic carbocycles. The molecule has 1 aromatic heterocycles. The standard InChI is InChI=1S/C26H30N4O3/c1-2-18-8-13-32-26(18)22(3-1)29-19-4-6-21(7-5-19)33-24-17-20(30-11-14-31-15-12-30)16-23-25(24)28-10-9-27-23/h1-3,9-10,16-17,19,21,29H,4-8,11-15H2. The van der Waals surface area contributed by atoms with Gasteiger partial charge in [-0.3, -0.25) is 4.98 Å². The van der Waals surface area contributed by atoms with Crippen molar-refractivity contribution in [2.45, 2.75) is 44.2 Å². The van der Waals surface area contributed by atoms with Crippen molar-refractivity contribution in [1.29, 1.82) is 0 Å². The Hall–Kier alpha value is -3.06. The van der Waals surface area contributed by atoms with Crippen LogP contribution in [0.5, 0.6) is 11.5 Å². The van der Waals surface area contributed by atoms with E-state index in [2.05, 4.69) is 50.5 Å². The number of fused-ring (bicyclic) bond motifs is 2. The summed E-state index contributed by atoms with van der Waals surface area (Å²) in [6.45, 7) is 4.06. The maximum absolute atomic E-state index is 6.56. The monoisotopic (exact) mass is 446 g/mol. The predicted octanol–water partition coefficient (Wildman–Crippen LogP) is 4.20. The largest absolute Gasteiger partial charge is 0.491 e. The number of ether oxygens (including phenoxy) is 3. The minimum atomic E-state index is 0.186. The molecule has 1 N–H and O–H groups in total. The summed E-state index contributed by atoms with van der Waals surface area (Å²) in [7, 11) is 0. The van der Waals surface area contributed by atoms with Gasteiger partial charge < -0.3 is 24.4 Å². The van der Waals surface area contributed by atoms with E-state index in [0.717, 1.165) is 98.9 Å². The Morgan fingerprint density at radius 1 is 0.970 bits per heavy atom. The van der Waals surface area contributed by atoms with E-state index in [1.54, 1.807) is 12.4 Å². The number of aromatic nitrogens is 2. The Morgan fingerprint density at radius 2 is 1.82 bits per heavy atom. The molecule has 3 aliphatic rings. The lowest BCUT2D eigenvalue weighted by molar-refractivity contribution is 0.122. The van der Waals surface area contributed by atoms with Gasteiger partial charge in [0.1, 0.15) is 17.0 Å². The van der Waals surface area contributed by atoms with Gasteiger partial charge in [0, 0.05) is 49.7 Å². The fourth-order valence-electron chi connectivity index (χ4n) is 5.18. The van der Waals surface area contributed by atoms with E-state index < -0.39 is 0 Å². The summed E-state index contributed by atoms with van der Waals surface area (Å²) in [4.78, 5) is 11.5. The van der Waals surface area contributed by atoms with Gasteiger partial charge in [0.2, 0.25) is 0 Å². The average molecular weight is 447 g/mol. The van der Waals surface area contributed by atoms with Gasteiger partial charge in [-0.15, -0.1) is 0 Å². The van der Waals surface area contributed by atoms with Crippen molar-refractivity contribution in [3.63, 3.8) is 0 Å². The van der Waals surface area contributed by atoms with E-state index in [0.29, 0.717) is 6.04 Å². The van der Waals surface area contributed by atoms with Crippen molar-refractivity contribution >= 4 is 22.4 Å². The van der Waals surface area contributed by atoms with Crippen molar-refractivity contribution in [2.24, 2.45) is 0 Å². The van der Waals surface area contributed by atoms with Crippen LogP contribution in [0.1, 0.15) is 31.2 Å². The number of anilines is 2. The van der Waals surface area contributed by atoms with Crippen LogP contribution in [0.3, 0.4) is 0 Å². The average Bonchev–Trinajstić information content (AvgIpc) is 3.36. The normalized spacial score (nSPS) is 22.6. The molecule has 7 heteroatoms. The first-order valence-corrected chi connectivity index (χ1v) is 12.1. The lowest BCUT2D eigenvalue weighted by Crippen LogP contribution is -2.36. The molecule has 0 unspecified atom stereocenters. The molecule has 0 bridgehead atoms. The third-order valence-electron chi connectivity index (χ3n) is 6.94. The Labute approximate surface area is 194 Å². The zero-order valence-corrected chi connectivity index (χ0v) is 18.8. The first-order valence-electron chi connectivity index (χ1n) is 12.1. The summed E-state index contributed by atoms with van der Waals surface area (Å²) in [6.07, 6.45) is 8.84. The topological polar surface area (TPSA) is 68.7 Å². The van der Waals surface area contributed by atoms with Crippen molar-refractivity contribution in [2.75, 3.05) is 43.1 Å². The smallest absolute Gasteiger partial charge is 0.149 e. The van der Waals surface area contributed by atoms with Crippen molar-refractivity contribution in [1.82, 2.24) is 9.97 Å². The van der Waals surface area contributed by atoms with Gasteiger partial charge in [0.25, 0.3) is 0 Å². The van der Waals surface area contributed by atoms with Gasteiger partial charge in [-0.05, 0) is 43.4 Å². The number of nitrogens with one attached hydrogen (secondary N) is 1. The summed E-state index contributed by atoms with van der Waals surface area (Å²) in [5.74, 6) is 1.88. The van der Waals surface area contributed by atoms with Gasteiger partial charge >= 0.3 is 0 Å². The summed E-state index contributed by atoms with van der Waals surface area (Å²) in [6, 6.07) is 11.1. The molecule has 33 heavy (non-hydrogen) atoms. The predicted molar refractivity (Wildman–Crippen MR) is 129 cm³/mol. The van der Waals surface area contributed by atoms with Crippen LogP contribution in [-0.2, 0) is 11.2 Å². The molecule has 2 fully saturated rings. The number of para-hydroxylation sites is 1. The van der Waals surface area contributed by atoms with Gasteiger partial charge in [-0.2, -0.15) is 0 Å². The van der Waals surface area contributed by atoms with Crippen molar-refractivity contribution < 1.29 is 14.2 Å². The Bertz CT molecular complexity index is 1120. The molecular formula is C26H30N4O3. The van der Waals surface area contributed by atoms with E-state index in [-0.39, 0.29) is 6.10 Å². The number of hydrogen-bond donors (Lipinski definition) is 1. The molecule has 172 valence electrons. The highest BCUT2D eigenvalue weighted by Crippen LogP contribution is 2.36. The summed E-state index contributed by atoms with van der Waals surface area (Å²) in [5.41, 5.74) is 5.30. The molecule has 0 spiro atoms.